The number of ether oxygens (including phenoxy) is 1. The van der Waals surface area contributed by atoms with Gasteiger partial charge in [0.15, 0.2) is 0 Å². The Balaban J connectivity index is 1.73. The van der Waals surface area contributed by atoms with Gasteiger partial charge in [0, 0.05) is 25.1 Å². The molecule has 0 aliphatic rings. The summed E-state index contributed by atoms with van der Waals surface area (Å²) in [7, 11) is 1.67. The lowest BCUT2D eigenvalue weighted by molar-refractivity contribution is 0.201. The van der Waals surface area contributed by atoms with Crippen LogP contribution in [0, 0.1) is 13.8 Å². The van der Waals surface area contributed by atoms with Gasteiger partial charge in [-0.1, -0.05) is 17.7 Å². The van der Waals surface area contributed by atoms with Crippen LogP contribution in [0.3, 0.4) is 0 Å². The van der Waals surface area contributed by atoms with Crippen molar-refractivity contribution in [3.63, 3.8) is 0 Å². The van der Waals surface area contributed by atoms with Gasteiger partial charge < -0.3 is 10.1 Å². The van der Waals surface area contributed by atoms with Gasteiger partial charge in [-0.3, -0.25) is 0 Å². The van der Waals surface area contributed by atoms with Gasteiger partial charge in [-0.15, -0.1) is 0 Å². The second-order valence-electron chi connectivity index (χ2n) is 5.35. The van der Waals surface area contributed by atoms with E-state index in [1.54, 1.807) is 13.3 Å². The van der Waals surface area contributed by atoms with E-state index in [1.165, 1.54) is 22.7 Å². The number of anilines is 2. The minimum atomic E-state index is 0.626. The Morgan fingerprint density at radius 2 is 2.17 bits per heavy atom. The van der Waals surface area contributed by atoms with Crippen molar-refractivity contribution in [2.75, 3.05) is 19.0 Å². The van der Waals surface area contributed by atoms with Crippen LogP contribution in [0.4, 0.5) is 10.8 Å². The average molecular weight is 329 g/mol. The van der Waals surface area contributed by atoms with Crippen LogP contribution in [0.1, 0.15) is 17.0 Å². The lowest BCUT2D eigenvalue weighted by Gasteiger charge is -2.06. The Kier molecular flexibility index (Phi) is 4.68. The van der Waals surface area contributed by atoms with Gasteiger partial charge in [-0.2, -0.15) is 9.47 Å². The number of hydrogen-bond donors (Lipinski definition) is 1. The molecule has 120 valence electrons. The van der Waals surface area contributed by atoms with E-state index in [4.69, 9.17) is 4.74 Å². The number of aryl methyl sites for hydroxylation is 2. The summed E-state index contributed by atoms with van der Waals surface area (Å²) < 4.78 is 11.2. The number of benzene rings is 1. The van der Waals surface area contributed by atoms with Crippen molar-refractivity contribution in [3.8, 4) is 5.69 Å². The average Bonchev–Trinajstić information content (AvgIpc) is 3.15. The third kappa shape index (κ3) is 3.75. The highest BCUT2D eigenvalue weighted by Crippen LogP contribution is 2.21. The van der Waals surface area contributed by atoms with Crippen LogP contribution in [-0.4, -0.2) is 32.9 Å². The van der Waals surface area contributed by atoms with E-state index in [2.05, 4.69) is 51.8 Å². The molecule has 0 atom stereocenters. The van der Waals surface area contributed by atoms with E-state index in [0.29, 0.717) is 6.61 Å². The van der Waals surface area contributed by atoms with Crippen LogP contribution in [0.15, 0.2) is 30.6 Å². The summed E-state index contributed by atoms with van der Waals surface area (Å²) in [5.74, 6) is 0.793. The summed E-state index contributed by atoms with van der Waals surface area (Å²) in [6, 6.07) is 6.32. The molecule has 0 amide bonds. The molecule has 1 N–H and O–H groups in total. The third-order valence-corrected chi connectivity index (χ3v) is 4.10. The first-order chi connectivity index (χ1) is 11.2. The first kappa shape index (κ1) is 15.6. The zero-order chi connectivity index (χ0) is 16.2. The molecule has 0 fully saturated rings. The normalized spacial score (nSPS) is 10.9. The van der Waals surface area contributed by atoms with E-state index in [0.717, 1.165) is 28.8 Å². The molecule has 0 unspecified atom stereocenters. The quantitative estimate of drug-likeness (QED) is 0.752. The summed E-state index contributed by atoms with van der Waals surface area (Å²) in [5.41, 5.74) is 4.40. The molecule has 0 aliphatic heterocycles. The predicted octanol–water partition coefficient (Wildman–Crippen LogP) is 3.27. The summed E-state index contributed by atoms with van der Waals surface area (Å²) in [6.45, 7) is 4.80. The smallest absolute Gasteiger partial charge is 0.207 e. The van der Waals surface area contributed by atoms with E-state index in [9.17, 15) is 0 Å². The maximum absolute atomic E-state index is 5.04. The topological polar surface area (TPSA) is 64.9 Å². The second-order valence-corrected chi connectivity index (χ2v) is 6.10. The van der Waals surface area contributed by atoms with Gasteiger partial charge in [0.05, 0.1) is 30.4 Å². The second kappa shape index (κ2) is 6.89. The first-order valence-corrected chi connectivity index (χ1v) is 8.14. The van der Waals surface area contributed by atoms with Crippen LogP contribution in [-0.2, 0) is 11.2 Å². The maximum atomic E-state index is 5.04. The van der Waals surface area contributed by atoms with Gasteiger partial charge in [0.2, 0.25) is 5.13 Å². The first-order valence-electron chi connectivity index (χ1n) is 7.36. The summed E-state index contributed by atoms with van der Waals surface area (Å²) in [4.78, 5) is 4.43. The molecule has 0 saturated heterocycles. The van der Waals surface area contributed by atoms with E-state index < -0.39 is 0 Å². The van der Waals surface area contributed by atoms with Crippen molar-refractivity contribution in [3.05, 3.63) is 47.5 Å². The zero-order valence-corrected chi connectivity index (χ0v) is 14.2. The highest BCUT2D eigenvalue weighted by atomic mass is 32.1. The summed E-state index contributed by atoms with van der Waals surface area (Å²) >= 11 is 1.34. The lowest BCUT2D eigenvalue weighted by atomic mass is 10.1. The third-order valence-electron chi connectivity index (χ3n) is 3.43. The van der Waals surface area contributed by atoms with Gasteiger partial charge in [0.1, 0.15) is 5.82 Å². The highest BCUT2D eigenvalue weighted by Gasteiger charge is 2.07. The van der Waals surface area contributed by atoms with Crippen LogP contribution >= 0.6 is 11.5 Å². The van der Waals surface area contributed by atoms with Crippen molar-refractivity contribution in [2.24, 2.45) is 0 Å². The molecule has 2 heterocycles. The molecular weight excluding hydrogens is 310 g/mol. The Labute approximate surface area is 139 Å². The number of hydrogen-bond acceptors (Lipinski definition) is 6. The number of nitrogens with one attached hydrogen (secondary N) is 1. The van der Waals surface area contributed by atoms with Gasteiger partial charge in [-0.25, -0.2) is 9.67 Å². The van der Waals surface area contributed by atoms with Crippen LogP contribution in [0.5, 0.6) is 0 Å². The zero-order valence-electron chi connectivity index (χ0n) is 13.4. The van der Waals surface area contributed by atoms with Gasteiger partial charge in [0.25, 0.3) is 0 Å². The fraction of sp³-hybridized carbons (Fsp3) is 0.312. The fourth-order valence-corrected chi connectivity index (χ4v) is 2.94. The van der Waals surface area contributed by atoms with Gasteiger partial charge in [-0.05, 0) is 25.5 Å². The number of rotatable bonds is 6. The molecule has 23 heavy (non-hydrogen) atoms. The standard InChI is InChI=1S/C16H19N5OS/c1-11-4-5-14(12(2)8-11)21-10-13(9-17-21)18-16-19-15(20-23-16)6-7-22-3/h4-5,8-10H,6-7H2,1-3H3,(H,18,19,20). The molecule has 3 aromatic rings. The summed E-state index contributed by atoms with van der Waals surface area (Å²) in [6.07, 6.45) is 4.46. The SMILES string of the molecule is COCCc1nsc(Nc2cnn(-c3ccc(C)cc3C)c2)n1. The number of methoxy groups -OCH3 is 1. The fourth-order valence-electron chi connectivity index (χ4n) is 2.30. The molecule has 7 heteroatoms. The van der Waals surface area contributed by atoms with E-state index >= 15 is 0 Å². The maximum Gasteiger partial charge on any atom is 0.207 e. The monoisotopic (exact) mass is 329 g/mol. The Morgan fingerprint density at radius 3 is 2.96 bits per heavy atom. The Morgan fingerprint density at radius 1 is 1.30 bits per heavy atom. The highest BCUT2D eigenvalue weighted by molar-refractivity contribution is 7.09. The molecule has 3 rings (SSSR count). The summed E-state index contributed by atoms with van der Waals surface area (Å²) in [5, 5.41) is 8.42. The van der Waals surface area contributed by atoms with E-state index in [-0.39, 0.29) is 0 Å². The number of aromatic nitrogens is 4. The molecule has 0 aliphatic carbocycles. The van der Waals surface area contributed by atoms with Crippen LogP contribution in [0.25, 0.3) is 5.69 Å². The van der Waals surface area contributed by atoms with Crippen LogP contribution < -0.4 is 5.32 Å². The number of nitrogens with zero attached hydrogens (tertiary/aromatic N) is 4. The molecule has 0 saturated carbocycles. The molecule has 1 aromatic carbocycles. The van der Waals surface area contributed by atoms with E-state index in [1.807, 2.05) is 10.9 Å². The minimum Gasteiger partial charge on any atom is -0.384 e. The largest absolute Gasteiger partial charge is 0.384 e. The molecule has 0 spiro atoms. The van der Waals surface area contributed by atoms with Crippen LogP contribution in [0.2, 0.25) is 0 Å². The molecule has 6 nitrogen and oxygen atoms in total. The van der Waals surface area contributed by atoms with Crippen molar-refractivity contribution < 1.29 is 4.74 Å². The van der Waals surface area contributed by atoms with Crippen molar-refractivity contribution in [1.82, 2.24) is 19.1 Å². The predicted molar refractivity (Wildman–Crippen MR) is 91.8 cm³/mol. The lowest BCUT2D eigenvalue weighted by Crippen LogP contribution is -1.97. The Hall–Kier alpha value is -2.25. The van der Waals surface area contributed by atoms with Gasteiger partial charge >= 0.3 is 0 Å². The Bertz CT molecular complexity index is 795. The van der Waals surface area contributed by atoms with Crippen molar-refractivity contribution in [2.45, 2.75) is 20.3 Å². The van der Waals surface area contributed by atoms with Crippen molar-refractivity contribution >= 4 is 22.4 Å². The minimum absolute atomic E-state index is 0.626. The molecule has 0 radical (unpaired) electrons. The molecule has 0 bridgehead atoms. The molecular formula is C16H19N5OS. The molecule has 2 aromatic heterocycles. The van der Waals surface area contributed by atoms with Crippen molar-refractivity contribution in [1.29, 1.82) is 0 Å².